The largest absolute Gasteiger partial charge is 0.497 e. The second-order valence-corrected chi connectivity index (χ2v) is 10.8. The van der Waals surface area contributed by atoms with Crippen molar-refractivity contribution in [3.8, 4) is 5.75 Å². The van der Waals surface area contributed by atoms with E-state index in [-0.39, 0.29) is 24.1 Å². The SMILES string of the molecule is COc1cc(C)c(S(=O)(=O)N(C)COCC(=O)N2CCN(CCN3CCOCC3)CC2)c(C)c1. The van der Waals surface area contributed by atoms with Gasteiger partial charge in [-0.2, -0.15) is 4.31 Å². The minimum Gasteiger partial charge on any atom is -0.497 e. The topological polar surface area (TPSA) is 91.9 Å². The number of carbonyl (C=O) groups is 1. The van der Waals surface area contributed by atoms with E-state index >= 15 is 0 Å². The molecule has 2 saturated heterocycles. The molecule has 0 radical (unpaired) electrons. The van der Waals surface area contributed by atoms with Gasteiger partial charge in [-0.05, 0) is 37.1 Å². The molecular weight excluding hydrogens is 460 g/mol. The summed E-state index contributed by atoms with van der Waals surface area (Å²) in [5, 5.41) is 0. The van der Waals surface area contributed by atoms with E-state index in [2.05, 4.69) is 9.80 Å². The van der Waals surface area contributed by atoms with Crippen LogP contribution in [-0.4, -0.2) is 126 Å². The van der Waals surface area contributed by atoms with Crippen molar-refractivity contribution >= 4 is 15.9 Å². The average Bonchev–Trinajstić information content (AvgIpc) is 2.82. The molecule has 10 nitrogen and oxygen atoms in total. The molecule has 3 rings (SSSR count). The van der Waals surface area contributed by atoms with Gasteiger partial charge in [0.2, 0.25) is 15.9 Å². The Balaban J connectivity index is 1.41. The Morgan fingerprint density at radius 3 is 2.12 bits per heavy atom. The normalized spacial score (nSPS) is 18.4. The number of hydrogen-bond donors (Lipinski definition) is 0. The Kier molecular flexibility index (Phi) is 9.69. The number of piperazine rings is 1. The van der Waals surface area contributed by atoms with E-state index in [0.717, 1.165) is 56.8 Å². The van der Waals surface area contributed by atoms with Gasteiger partial charge < -0.3 is 19.1 Å². The molecule has 2 aliphatic rings. The number of aryl methyl sites for hydroxylation is 2. The van der Waals surface area contributed by atoms with E-state index in [0.29, 0.717) is 30.0 Å². The predicted octanol–water partition coefficient (Wildman–Crippen LogP) is 0.383. The van der Waals surface area contributed by atoms with Gasteiger partial charge in [0.1, 0.15) is 19.1 Å². The fourth-order valence-corrected chi connectivity index (χ4v) is 5.80. The first-order chi connectivity index (χ1) is 16.2. The highest BCUT2D eigenvalue weighted by molar-refractivity contribution is 7.89. The molecule has 1 amide bonds. The summed E-state index contributed by atoms with van der Waals surface area (Å²) in [5.41, 5.74) is 1.21. The monoisotopic (exact) mass is 498 g/mol. The standard InChI is InChI=1S/C23H38N4O6S/c1-19-15-21(31-4)16-20(2)23(19)34(29,30)24(3)18-33-17-22(28)27-9-7-25(8-10-27)5-6-26-11-13-32-14-12-26/h15-16H,5-14,17-18H2,1-4H3. The molecule has 0 unspecified atom stereocenters. The summed E-state index contributed by atoms with van der Waals surface area (Å²) in [5.74, 6) is 0.495. The fourth-order valence-electron chi connectivity index (χ4n) is 4.34. The minimum atomic E-state index is -3.76. The number of methoxy groups -OCH3 is 1. The quantitative estimate of drug-likeness (QED) is 0.428. The molecule has 192 valence electrons. The van der Waals surface area contributed by atoms with Crippen molar-refractivity contribution in [3.63, 3.8) is 0 Å². The van der Waals surface area contributed by atoms with Gasteiger partial charge in [-0.3, -0.25) is 14.6 Å². The maximum absolute atomic E-state index is 13.1. The molecule has 1 aromatic carbocycles. The second kappa shape index (κ2) is 12.3. The highest BCUT2D eigenvalue weighted by atomic mass is 32.2. The first-order valence-electron chi connectivity index (χ1n) is 11.7. The molecular formula is C23H38N4O6S. The molecule has 11 heteroatoms. The van der Waals surface area contributed by atoms with Crippen LogP contribution in [0.3, 0.4) is 0 Å². The lowest BCUT2D eigenvalue weighted by Crippen LogP contribution is -2.51. The summed E-state index contributed by atoms with van der Waals surface area (Å²) in [6, 6.07) is 3.39. The van der Waals surface area contributed by atoms with E-state index in [1.54, 1.807) is 38.0 Å². The third-order valence-corrected chi connectivity index (χ3v) is 8.48. The zero-order valence-corrected chi connectivity index (χ0v) is 21.6. The molecule has 0 saturated carbocycles. The van der Waals surface area contributed by atoms with Crippen molar-refractivity contribution in [3.05, 3.63) is 23.3 Å². The van der Waals surface area contributed by atoms with E-state index in [9.17, 15) is 13.2 Å². The highest BCUT2D eigenvalue weighted by Crippen LogP contribution is 2.27. The Morgan fingerprint density at radius 1 is 1.00 bits per heavy atom. The van der Waals surface area contributed by atoms with Crippen LogP contribution in [0.1, 0.15) is 11.1 Å². The van der Waals surface area contributed by atoms with E-state index in [4.69, 9.17) is 14.2 Å². The summed E-state index contributed by atoms with van der Waals surface area (Å²) < 4.78 is 43.3. The lowest BCUT2D eigenvalue weighted by molar-refractivity contribution is -0.138. The minimum absolute atomic E-state index is 0.115. The number of amides is 1. The molecule has 0 atom stereocenters. The summed E-state index contributed by atoms with van der Waals surface area (Å²) in [6.45, 7) is 11.7. The van der Waals surface area contributed by atoms with Crippen LogP contribution < -0.4 is 4.74 Å². The molecule has 2 fully saturated rings. The van der Waals surface area contributed by atoms with Crippen molar-refractivity contribution in [1.82, 2.24) is 19.0 Å². The van der Waals surface area contributed by atoms with Gasteiger partial charge in [-0.15, -0.1) is 0 Å². The predicted molar refractivity (Wildman–Crippen MR) is 129 cm³/mol. The highest BCUT2D eigenvalue weighted by Gasteiger charge is 2.27. The number of ether oxygens (including phenoxy) is 3. The third kappa shape index (κ3) is 6.89. The van der Waals surface area contributed by atoms with Gasteiger partial charge in [0.25, 0.3) is 0 Å². The van der Waals surface area contributed by atoms with E-state index in [1.807, 2.05) is 0 Å². The molecule has 2 heterocycles. The number of rotatable bonds is 10. The smallest absolute Gasteiger partial charge is 0.248 e. The summed E-state index contributed by atoms with van der Waals surface area (Å²) in [4.78, 5) is 19.4. The van der Waals surface area contributed by atoms with Crippen molar-refractivity contribution in [2.75, 3.05) is 93.1 Å². The summed E-state index contributed by atoms with van der Waals surface area (Å²) in [7, 11) is -0.761. The van der Waals surface area contributed by atoms with Crippen LogP contribution >= 0.6 is 0 Å². The van der Waals surface area contributed by atoms with Gasteiger partial charge in [-0.25, -0.2) is 8.42 Å². The van der Waals surface area contributed by atoms with Gasteiger partial charge in [0, 0.05) is 59.4 Å². The molecule has 1 aromatic rings. The van der Waals surface area contributed by atoms with Crippen molar-refractivity contribution in [2.24, 2.45) is 0 Å². The number of morpholine rings is 1. The van der Waals surface area contributed by atoms with Crippen LogP contribution in [0.5, 0.6) is 5.75 Å². The molecule has 0 N–H and O–H groups in total. The van der Waals surface area contributed by atoms with E-state index < -0.39 is 10.0 Å². The Hall–Kier alpha value is -1.76. The fraction of sp³-hybridized carbons (Fsp3) is 0.696. The van der Waals surface area contributed by atoms with E-state index in [1.165, 1.54) is 7.05 Å². The number of hydrogen-bond acceptors (Lipinski definition) is 8. The summed E-state index contributed by atoms with van der Waals surface area (Å²) in [6.07, 6.45) is 0. The Bertz CT molecular complexity index is 904. The van der Waals surface area contributed by atoms with Gasteiger partial charge in [0.15, 0.2) is 0 Å². The first kappa shape index (κ1) is 26.8. The number of sulfonamides is 1. The zero-order chi connectivity index (χ0) is 24.7. The maximum Gasteiger partial charge on any atom is 0.248 e. The maximum atomic E-state index is 13.1. The number of benzene rings is 1. The van der Waals surface area contributed by atoms with Gasteiger partial charge in [0.05, 0.1) is 25.2 Å². The van der Waals surface area contributed by atoms with Gasteiger partial charge >= 0.3 is 0 Å². The molecule has 0 aliphatic carbocycles. The van der Waals surface area contributed by atoms with Crippen LogP contribution in [0.25, 0.3) is 0 Å². The molecule has 0 spiro atoms. The van der Waals surface area contributed by atoms with Crippen LogP contribution in [-0.2, 0) is 24.3 Å². The van der Waals surface area contributed by atoms with Crippen LogP contribution in [0.15, 0.2) is 17.0 Å². The summed E-state index contributed by atoms with van der Waals surface area (Å²) >= 11 is 0. The van der Waals surface area contributed by atoms with Crippen LogP contribution in [0.4, 0.5) is 0 Å². The van der Waals surface area contributed by atoms with Crippen molar-refractivity contribution in [2.45, 2.75) is 18.7 Å². The number of nitrogens with zero attached hydrogens (tertiary/aromatic N) is 4. The van der Waals surface area contributed by atoms with Crippen molar-refractivity contribution in [1.29, 1.82) is 0 Å². The molecule has 2 aliphatic heterocycles. The van der Waals surface area contributed by atoms with Crippen molar-refractivity contribution < 1.29 is 27.4 Å². The third-order valence-electron chi connectivity index (χ3n) is 6.40. The Morgan fingerprint density at radius 2 is 1.56 bits per heavy atom. The van der Waals surface area contributed by atoms with Crippen LogP contribution in [0, 0.1) is 13.8 Å². The van der Waals surface area contributed by atoms with Crippen LogP contribution in [0.2, 0.25) is 0 Å². The zero-order valence-electron chi connectivity index (χ0n) is 20.8. The second-order valence-electron chi connectivity index (χ2n) is 8.85. The lowest BCUT2D eigenvalue weighted by atomic mass is 10.1. The molecule has 0 bridgehead atoms. The molecule has 0 aromatic heterocycles. The average molecular weight is 499 g/mol. The Labute approximate surface area is 203 Å². The number of carbonyl (C=O) groups excluding carboxylic acids is 1. The lowest BCUT2D eigenvalue weighted by Gasteiger charge is -2.36. The van der Waals surface area contributed by atoms with Gasteiger partial charge in [-0.1, -0.05) is 0 Å². The first-order valence-corrected chi connectivity index (χ1v) is 13.2. The molecule has 34 heavy (non-hydrogen) atoms.